The molecule has 0 heterocycles. The Balaban J connectivity index is 2.69. The highest BCUT2D eigenvalue weighted by molar-refractivity contribution is 5.50. The molecule has 3 heteroatoms. The minimum atomic E-state index is -0.108. The highest BCUT2D eigenvalue weighted by atomic mass is 19.1. The first-order valence-corrected chi connectivity index (χ1v) is 8.32. The molecule has 2 nitrogen and oxygen atoms in total. The normalized spacial score (nSPS) is 11.1. The molecular formula is C18H31FN2. The van der Waals surface area contributed by atoms with Crippen LogP contribution in [-0.4, -0.2) is 19.6 Å². The molecule has 0 aliphatic heterocycles. The zero-order chi connectivity index (χ0) is 15.7. The van der Waals surface area contributed by atoms with E-state index in [2.05, 4.69) is 37.9 Å². The Labute approximate surface area is 129 Å². The van der Waals surface area contributed by atoms with Crippen molar-refractivity contribution in [2.45, 2.75) is 53.5 Å². The van der Waals surface area contributed by atoms with E-state index in [9.17, 15) is 4.39 Å². The van der Waals surface area contributed by atoms with Crippen LogP contribution in [0.25, 0.3) is 0 Å². The van der Waals surface area contributed by atoms with E-state index in [1.165, 1.54) is 6.42 Å². The van der Waals surface area contributed by atoms with Crippen LogP contribution in [0.2, 0.25) is 0 Å². The minimum absolute atomic E-state index is 0.108. The highest BCUT2D eigenvalue weighted by Gasteiger charge is 2.11. The van der Waals surface area contributed by atoms with Crippen LogP contribution in [0.15, 0.2) is 18.2 Å². The van der Waals surface area contributed by atoms with Crippen molar-refractivity contribution in [3.8, 4) is 0 Å². The monoisotopic (exact) mass is 294 g/mol. The lowest BCUT2D eigenvalue weighted by atomic mass is 10.1. The molecule has 0 radical (unpaired) electrons. The average molecular weight is 294 g/mol. The fourth-order valence-corrected chi connectivity index (χ4v) is 2.43. The molecule has 0 aliphatic rings. The molecule has 1 aromatic carbocycles. The van der Waals surface area contributed by atoms with Gasteiger partial charge >= 0.3 is 0 Å². The van der Waals surface area contributed by atoms with Gasteiger partial charge in [0.1, 0.15) is 5.82 Å². The molecule has 0 fully saturated rings. The second kappa shape index (κ2) is 9.78. The van der Waals surface area contributed by atoms with E-state index >= 15 is 0 Å². The van der Waals surface area contributed by atoms with Crippen molar-refractivity contribution in [1.29, 1.82) is 0 Å². The largest absolute Gasteiger partial charge is 0.369 e. The molecule has 120 valence electrons. The van der Waals surface area contributed by atoms with Crippen LogP contribution >= 0.6 is 0 Å². The topological polar surface area (TPSA) is 15.3 Å². The molecular weight excluding hydrogens is 263 g/mol. The zero-order valence-electron chi connectivity index (χ0n) is 14.1. The lowest BCUT2D eigenvalue weighted by Crippen LogP contribution is -2.26. The van der Waals surface area contributed by atoms with Crippen LogP contribution in [-0.2, 0) is 6.54 Å². The maximum Gasteiger partial charge on any atom is 0.146 e. The molecule has 0 saturated carbocycles. The second-order valence-electron chi connectivity index (χ2n) is 6.13. The third-order valence-corrected chi connectivity index (χ3v) is 3.57. The van der Waals surface area contributed by atoms with E-state index in [0.29, 0.717) is 5.92 Å². The lowest BCUT2D eigenvalue weighted by Gasteiger charge is -2.25. The molecule has 1 N–H and O–H groups in total. The quantitative estimate of drug-likeness (QED) is 0.635. The van der Waals surface area contributed by atoms with Crippen LogP contribution in [0.4, 0.5) is 10.1 Å². The number of hydrogen-bond donors (Lipinski definition) is 1. The van der Waals surface area contributed by atoms with Crippen LogP contribution < -0.4 is 10.2 Å². The van der Waals surface area contributed by atoms with E-state index in [1.807, 2.05) is 12.1 Å². The number of halogens is 1. The smallest absolute Gasteiger partial charge is 0.146 e. The standard InChI is InChI=1S/C18H31FN2/c1-5-11-21(12-6-2)18-13-16(7-8-17(18)19)14-20-10-9-15(3)4/h7-8,13,15,20H,5-6,9-12,14H2,1-4H3. The number of nitrogens with zero attached hydrogens (tertiary/aromatic N) is 1. The number of benzene rings is 1. The van der Waals surface area contributed by atoms with Crippen molar-refractivity contribution in [1.82, 2.24) is 5.32 Å². The van der Waals surface area contributed by atoms with Gasteiger partial charge in [0.25, 0.3) is 0 Å². The molecule has 0 aliphatic carbocycles. The summed E-state index contributed by atoms with van der Waals surface area (Å²) in [7, 11) is 0. The van der Waals surface area contributed by atoms with E-state index < -0.39 is 0 Å². The Morgan fingerprint density at radius 3 is 2.38 bits per heavy atom. The van der Waals surface area contributed by atoms with E-state index in [0.717, 1.165) is 50.3 Å². The van der Waals surface area contributed by atoms with Crippen molar-refractivity contribution < 1.29 is 4.39 Å². The molecule has 0 atom stereocenters. The SMILES string of the molecule is CCCN(CCC)c1cc(CNCCC(C)C)ccc1F. The van der Waals surface area contributed by atoms with E-state index in [1.54, 1.807) is 6.07 Å². The number of nitrogens with one attached hydrogen (secondary N) is 1. The van der Waals surface area contributed by atoms with Gasteiger partial charge in [-0.2, -0.15) is 0 Å². The van der Waals surface area contributed by atoms with Gasteiger partial charge in [-0.1, -0.05) is 33.8 Å². The fraction of sp³-hybridized carbons (Fsp3) is 0.667. The Bertz CT molecular complexity index is 398. The van der Waals surface area contributed by atoms with E-state index in [-0.39, 0.29) is 5.82 Å². The maximum absolute atomic E-state index is 14.1. The van der Waals surface area contributed by atoms with E-state index in [4.69, 9.17) is 0 Å². The summed E-state index contributed by atoms with van der Waals surface area (Å²) in [6.07, 6.45) is 3.25. The van der Waals surface area contributed by atoms with Crippen molar-refractivity contribution in [2.24, 2.45) is 5.92 Å². The molecule has 21 heavy (non-hydrogen) atoms. The molecule has 1 aromatic rings. The van der Waals surface area contributed by atoms with Gasteiger partial charge in [-0.15, -0.1) is 0 Å². The predicted molar refractivity (Wildman–Crippen MR) is 90.4 cm³/mol. The zero-order valence-corrected chi connectivity index (χ0v) is 14.1. The minimum Gasteiger partial charge on any atom is -0.369 e. The molecule has 0 spiro atoms. The van der Waals surface area contributed by atoms with Crippen LogP contribution in [0, 0.1) is 11.7 Å². The van der Waals surface area contributed by atoms with Gasteiger partial charge in [0.15, 0.2) is 0 Å². The van der Waals surface area contributed by atoms with Crippen molar-refractivity contribution >= 4 is 5.69 Å². The van der Waals surface area contributed by atoms with Gasteiger partial charge in [0.2, 0.25) is 0 Å². The van der Waals surface area contributed by atoms with Crippen LogP contribution in [0.1, 0.15) is 52.5 Å². The Morgan fingerprint density at radius 1 is 1.14 bits per heavy atom. The van der Waals surface area contributed by atoms with Gasteiger partial charge < -0.3 is 10.2 Å². The van der Waals surface area contributed by atoms with Gasteiger partial charge in [0.05, 0.1) is 5.69 Å². The summed E-state index contributed by atoms with van der Waals surface area (Å²) in [6.45, 7) is 12.4. The third-order valence-electron chi connectivity index (χ3n) is 3.57. The Hall–Kier alpha value is -1.09. The number of hydrogen-bond acceptors (Lipinski definition) is 2. The second-order valence-corrected chi connectivity index (χ2v) is 6.13. The Morgan fingerprint density at radius 2 is 1.81 bits per heavy atom. The maximum atomic E-state index is 14.1. The summed E-state index contributed by atoms with van der Waals surface area (Å²) in [6, 6.07) is 5.49. The molecule has 0 amide bonds. The van der Waals surface area contributed by atoms with Gasteiger partial charge in [0, 0.05) is 19.6 Å². The number of anilines is 1. The fourth-order valence-electron chi connectivity index (χ4n) is 2.43. The van der Waals surface area contributed by atoms with Gasteiger partial charge in [-0.3, -0.25) is 0 Å². The highest BCUT2D eigenvalue weighted by Crippen LogP contribution is 2.21. The molecule has 0 bridgehead atoms. The lowest BCUT2D eigenvalue weighted by molar-refractivity contribution is 0.537. The summed E-state index contributed by atoms with van der Waals surface area (Å²) in [4.78, 5) is 2.16. The summed E-state index contributed by atoms with van der Waals surface area (Å²) in [5.41, 5.74) is 1.91. The summed E-state index contributed by atoms with van der Waals surface area (Å²) >= 11 is 0. The molecule has 0 aromatic heterocycles. The summed E-state index contributed by atoms with van der Waals surface area (Å²) in [5, 5.41) is 3.44. The van der Waals surface area contributed by atoms with Gasteiger partial charge in [-0.05, 0) is 49.4 Å². The Kier molecular flexibility index (Phi) is 8.36. The van der Waals surface area contributed by atoms with Crippen molar-refractivity contribution in [3.63, 3.8) is 0 Å². The van der Waals surface area contributed by atoms with Crippen LogP contribution in [0.3, 0.4) is 0 Å². The predicted octanol–water partition coefficient (Wildman–Crippen LogP) is 4.59. The summed E-state index contributed by atoms with van der Waals surface area (Å²) < 4.78 is 14.1. The third kappa shape index (κ3) is 6.47. The van der Waals surface area contributed by atoms with Crippen molar-refractivity contribution in [2.75, 3.05) is 24.5 Å². The first-order valence-electron chi connectivity index (χ1n) is 8.32. The summed E-state index contributed by atoms with van der Waals surface area (Å²) in [5.74, 6) is 0.605. The first kappa shape index (κ1) is 18.0. The van der Waals surface area contributed by atoms with Gasteiger partial charge in [-0.25, -0.2) is 4.39 Å². The first-order chi connectivity index (χ1) is 10.1. The van der Waals surface area contributed by atoms with Crippen LogP contribution in [0.5, 0.6) is 0 Å². The molecule has 1 rings (SSSR count). The average Bonchev–Trinajstić information content (AvgIpc) is 2.45. The number of rotatable bonds is 10. The molecule has 0 unspecified atom stereocenters. The molecule has 0 saturated heterocycles. The van der Waals surface area contributed by atoms with Crippen molar-refractivity contribution in [3.05, 3.63) is 29.6 Å².